The third-order valence-corrected chi connectivity index (χ3v) is 1.70. The van der Waals surface area contributed by atoms with Gasteiger partial charge in [-0.05, 0) is 12.1 Å². The number of carbonyl (C=O) groups is 2. The van der Waals surface area contributed by atoms with Crippen LogP contribution in [0.25, 0.3) is 0 Å². The van der Waals surface area contributed by atoms with E-state index in [0.29, 0.717) is 12.2 Å². The standard InChI is InChI=1S/C9H11NO4/c1-10-9(13)7-4-2-6(14-7)3-5-8(11)12/h2,4H,3,5H2,1H3,(H,10,13)(H,11,12). The van der Waals surface area contributed by atoms with Crippen LogP contribution in [0.4, 0.5) is 0 Å². The molecular weight excluding hydrogens is 186 g/mol. The van der Waals surface area contributed by atoms with E-state index in [0.717, 1.165) is 0 Å². The van der Waals surface area contributed by atoms with Crippen molar-refractivity contribution >= 4 is 11.9 Å². The molecule has 2 N–H and O–H groups in total. The molecule has 0 atom stereocenters. The van der Waals surface area contributed by atoms with Gasteiger partial charge in [-0.3, -0.25) is 9.59 Å². The molecule has 0 unspecified atom stereocenters. The number of carboxylic acid groups (broad SMARTS) is 1. The van der Waals surface area contributed by atoms with E-state index in [2.05, 4.69) is 5.32 Å². The molecule has 1 rings (SSSR count). The maximum Gasteiger partial charge on any atom is 0.303 e. The largest absolute Gasteiger partial charge is 0.481 e. The fraction of sp³-hybridized carbons (Fsp3) is 0.333. The normalized spacial score (nSPS) is 9.79. The van der Waals surface area contributed by atoms with Gasteiger partial charge in [-0.1, -0.05) is 0 Å². The summed E-state index contributed by atoms with van der Waals surface area (Å²) in [5, 5.41) is 10.8. The Labute approximate surface area is 80.7 Å². The van der Waals surface area contributed by atoms with Crippen LogP contribution in [0.15, 0.2) is 16.5 Å². The maximum atomic E-state index is 11.0. The zero-order valence-electron chi connectivity index (χ0n) is 7.74. The fourth-order valence-corrected chi connectivity index (χ4v) is 0.988. The number of rotatable bonds is 4. The van der Waals surface area contributed by atoms with Crippen LogP contribution in [0.2, 0.25) is 0 Å². The van der Waals surface area contributed by atoms with Crippen LogP contribution in [-0.2, 0) is 11.2 Å². The molecular formula is C9H11NO4. The van der Waals surface area contributed by atoms with E-state index < -0.39 is 5.97 Å². The van der Waals surface area contributed by atoms with Gasteiger partial charge in [0.1, 0.15) is 5.76 Å². The monoisotopic (exact) mass is 197 g/mol. The average Bonchev–Trinajstić information content (AvgIpc) is 2.62. The first-order valence-electron chi connectivity index (χ1n) is 4.16. The molecule has 0 aliphatic rings. The number of carbonyl (C=O) groups excluding carboxylic acids is 1. The van der Waals surface area contributed by atoms with Crippen molar-refractivity contribution in [2.75, 3.05) is 7.05 Å². The number of carboxylic acids is 1. The first-order chi connectivity index (χ1) is 6.63. The first kappa shape index (κ1) is 10.3. The molecule has 0 fully saturated rings. The number of aryl methyl sites for hydroxylation is 1. The van der Waals surface area contributed by atoms with E-state index in [-0.39, 0.29) is 18.1 Å². The van der Waals surface area contributed by atoms with Gasteiger partial charge in [-0.2, -0.15) is 0 Å². The smallest absolute Gasteiger partial charge is 0.303 e. The van der Waals surface area contributed by atoms with Crippen molar-refractivity contribution in [1.82, 2.24) is 5.32 Å². The summed E-state index contributed by atoms with van der Waals surface area (Å²) in [7, 11) is 1.50. The van der Waals surface area contributed by atoms with Gasteiger partial charge in [-0.25, -0.2) is 0 Å². The van der Waals surface area contributed by atoms with E-state index in [1.54, 1.807) is 6.07 Å². The molecule has 1 aromatic heterocycles. The molecule has 0 aliphatic carbocycles. The number of furan rings is 1. The number of aliphatic carboxylic acids is 1. The first-order valence-corrected chi connectivity index (χ1v) is 4.16. The third-order valence-electron chi connectivity index (χ3n) is 1.70. The minimum Gasteiger partial charge on any atom is -0.481 e. The van der Waals surface area contributed by atoms with E-state index in [1.165, 1.54) is 13.1 Å². The Kier molecular flexibility index (Phi) is 3.28. The van der Waals surface area contributed by atoms with Crippen molar-refractivity contribution in [3.8, 4) is 0 Å². The molecule has 1 heterocycles. The molecule has 0 aromatic carbocycles. The summed E-state index contributed by atoms with van der Waals surface area (Å²) in [5.41, 5.74) is 0. The predicted octanol–water partition coefficient (Wildman–Crippen LogP) is 0.656. The molecule has 0 radical (unpaired) electrons. The number of amides is 1. The number of hydrogen-bond acceptors (Lipinski definition) is 3. The van der Waals surface area contributed by atoms with E-state index in [4.69, 9.17) is 9.52 Å². The van der Waals surface area contributed by atoms with Crippen molar-refractivity contribution in [3.63, 3.8) is 0 Å². The summed E-state index contributed by atoms with van der Waals surface area (Å²) in [6, 6.07) is 3.13. The van der Waals surface area contributed by atoms with Crippen molar-refractivity contribution < 1.29 is 19.1 Å². The highest BCUT2D eigenvalue weighted by Crippen LogP contribution is 2.09. The molecule has 1 aromatic rings. The summed E-state index contributed by atoms with van der Waals surface area (Å²) in [5.74, 6) is -0.492. The Morgan fingerprint density at radius 3 is 2.79 bits per heavy atom. The second-order valence-corrected chi connectivity index (χ2v) is 2.74. The third kappa shape index (κ3) is 2.62. The van der Waals surface area contributed by atoms with Gasteiger partial charge in [0.25, 0.3) is 5.91 Å². The summed E-state index contributed by atoms with van der Waals surface area (Å²) < 4.78 is 5.11. The second-order valence-electron chi connectivity index (χ2n) is 2.74. The van der Waals surface area contributed by atoms with Gasteiger partial charge in [0.05, 0.1) is 6.42 Å². The number of nitrogens with one attached hydrogen (secondary N) is 1. The van der Waals surface area contributed by atoms with E-state index in [1.807, 2.05) is 0 Å². The molecule has 14 heavy (non-hydrogen) atoms. The quantitative estimate of drug-likeness (QED) is 0.742. The summed E-state index contributed by atoms with van der Waals surface area (Å²) in [4.78, 5) is 21.3. The SMILES string of the molecule is CNC(=O)c1ccc(CCC(=O)O)o1. The lowest BCUT2D eigenvalue weighted by Gasteiger charge is -1.94. The van der Waals surface area contributed by atoms with Gasteiger partial charge < -0.3 is 14.8 Å². The highest BCUT2D eigenvalue weighted by molar-refractivity contribution is 5.91. The molecule has 0 spiro atoms. The maximum absolute atomic E-state index is 11.0. The van der Waals surface area contributed by atoms with Gasteiger partial charge in [0, 0.05) is 13.5 Å². The lowest BCUT2D eigenvalue weighted by atomic mass is 10.2. The Morgan fingerprint density at radius 1 is 1.50 bits per heavy atom. The van der Waals surface area contributed by atoms with Gasteiger partial charge >= 0.3 is 5.97 Å². The Bertz CT molecular complexity index is 342. The zero-order chi connectivity index (χ0) is 10.6. The van der Waals surface area contributed by atoms with Gasteiger partial charge in [-0.15, -0.1) is 0 Å². The van der Waals surface area contributed by atoms with E-state index >= 15 is 0 Å². The fourth-order valence-electron chi connectivity index (χ4n) is 0.988. The lowest BCUT2D eigenvalue weighted by Crippen LogP contribution is -2.16. The van der Waals surface area contributed by atoms with Crippen LogP contribution in [-0.4, -0.2) is 24.0 Å². The van der Waals surface area contributed by atoms with Crippen LogP contribution < -0.4 is 5.32 Å². The zero-order valence-corrected chi connectivity index (χ0v) is 7.74. The minimum atomic E-state index is -0.886. The molecule has 0 saturated heterocycles. The molecule has 0 bridgehead atoms. The Hall–Kier alpha value is -1.78. The Balaban J connectivity index is 2.59. The lowest BCUT2D eigenvalue weighted by molar-refractivity contribution is -0.137. The highest BCUT2D eigenvalue weighted by atomic mass is 16.4. The van der Waals surface area contributed by atoms with E-state index in [9.17, 15) is 9.59 Å². The van der Waals surface area contributed by atoms with Gasteiger partial charge in [0.2, 0.25) is 0 Å². The van der Waals surface area contributed by atoms with Gasteiger partial charge in [0.15, 0.2) is 5.76 Å². The molecule has 0 saturated carbocycles. The van der Waals surface area contributed by atoms with Crippen molar-refractivity contribution in [1.29, 1.82) is 0 Å². The number of hydrogen-bond donors (Lipinski definition) is 2. The van der Waals surface area contributed by atoms with Crippen LogP contribution in [0.5, 0.6) is 0 Å². The second kappa shape index (κ2) is 4.45. The average molecular weight is 197 g/mol. The van der Waals surface area contributed by atoms with Crippen LogP contribution >= 0.6 is 0 Å². The molecule has 0 aliphatic heterocycles. The Morgan fingerprint density at radius 2 is 2.21 bits per heavy atom. The van der Waals surface area contributed by atoms with Crippen LogP contribution in [0.3, 0.4) is 0 Å². The summed E-state index contributed by atoms with van der Waals surface area (Å²) >= 11 is 0. The van der Waals surface area contributed by atoms with Crippen molar-refractivity contribution in [3.05, 3.63) is 23.7 Å². The molecule has 5 heteroatoms. The van der Waals surface area contributed by atoms with Crippen LogP contribution in [0.1, 0.15) is 22.7 Å². The minimum absolute atomic E-state index is 0.000692. The predicted molar refractivity (Wildman–Crippen MR) is 48.1 cm³/mol. The highest BCUT2D eigenvalue weighted by Gasteiger charge is 2.09. The summed E-state index contributed by atoms with van der Waals surface area (Å²) in [6.45, 7) is 0. The topological polar surface area (TPSA) is 79.5 Å². The molecule has 5 nitrogen and oxygen atoms in total. The molecule has 1 amide bonds. The van der Waals surface area contributed by atoms with Crippen LogP contribution in [0, 0.1) is 0 Å². The van der Waals surface area contributed by atoms with Crippen molar-refractivity contribution in [2.45, 2.75) is 12.8 Å². The van der Waals surface area contributed by atoms with Crippen molar-refractivity contribution in [2.24, 2.45) is 0 Å². The molecule has 76 valence electrons. The summed E-state index contributed by atoms with van der Waals surface area (Å²) in [6.07, 6.45) is 0.299.